The second-order valence-electron chi connectivity index (χ2n) is 6.82. The van der Waals surface area contributed by atoms with E-state index in [2.05, 4.69) is 29.5 Å². The maximum atomic E-state index is 12.6. The molecule has 0 atom stereocenters. The summed E-state index contributed by atoms with van der Waals surface area (Å²) in [5.41, 5.74) is 2.47. The molecule has 2 N–H and O–H groups in total. The summed E-state index contributed by atoms with van der Waals surface area (Å²) in [6, 6.07) is 12.6. The highest BCUT2D eigenvalue weighted by atomic mass is 32.1. The van der Waals surface area contributed by atoms with Gasteiger partial charge in [0.1, 0.15) is 17.2 Å². The number of carbonyl (C=O) groups is 2. The number of ether oxygens (including phenoxy) is 2. The van der Waals surface area contributed by atoms with Crippen LogP contribution in [0.4, 0.5) is 10.8 Å². The van der Waals surface area contributed by atoms with Gasteiger partial charge in [0.25, 0.3) is 11.8 Å². The molecule has 7 nitrogen and oxygen atoms in total. The van der Waals surface area contributed by atoms with Gasteiger partial charge in [-0.3, -0.25) is 14.9 Å². The van der Waals surface area contributed by atoms with Crippen molar-refractivity contribution in [3.8, 4) is 11.5 Å². The number of nitrogens with one attached hydrogen (secondary N) is 2. The third-order valence-electron chi connectivity index (χ3n) is 4.41. The fraction of sp³-hybridized carbons (Fsp3) is 0.227. The summed E-state index contributed by atoms with van der Waals surface area (Å²) in [5, 5.41) is 7.43. The van der Waals surface area contributed by atoms with Crippen LogP contribution < -0.4 is 20.1 Å². The molecule has 0 saturated heterocycles. The van der Waals surface area contributed by atoms with E-state index in [9.17, 15) is 9.59 Å². The normalized spacial score (nSPS) is 10.6. The number of benzene rings is 2. The lowest BCUT2D eigenvalue weighted by Gasteiger charge is -2.08. The Labute approximate surface area is 179 Å². The predicted octanol–water partition coefficient (Wildman–Crippen LogP) is 4.79. The molecule has 0 aliphatic heterocycles. The number of aromatic nitrogens is 1. The average molecular weight is 426 g/mol. The van der Waals surface area contributed by atoms with Crippen LogP contribution in [-0.4, -0.2) is 31.0 Å². The average Bonchev–Trinajstić information content (AvgIpc) is 3.22. The van der Waals surface area contributed by atoms with Crippen molar-refractivity contribution in [3.63, 3.8) is 0 Å². The molecule has 30 heavy (non-hydrogen) atoms. The van der Waals surface area contributed by atoms with Crippen LogP contribution in [0.15, 0.2) is 47.8 Å². The molecule has 3 aromatic rings. The third kappa shape index (κ3) is 5.15. The van der Waals surface area contributed by atoms with Gasteiger partial charge in [0.05, 0.1) is 14.2 Å². The van der Waals surface area contributed by atoms with E-state index in [1.165, 1.54) is 31.1 Å². The van der Waals surface area contributed by atoms with Crippen LogP contribution in [0.3, 0.4) is 0 Å². The van der Waals surface area contributed by atoms with Crippen molar-refractivity contribution < 1.29 is 19.1 Å². The summed E-state index contributed by atoms with van der Waals surface area (Å²) in [5.74, 6) is 0.707. The van der Waals surface area contributed by atoms with Crippen LogP contribution in [0.25, 0.3) is 0 Å². The Morgan fingerprint density at radius 2 is 1.57 bits per heavy atom. The quantitative estimate of drug-likeness (QED) is 0.568. The zero-order chi connectivity index (χ0) is 21.7. The molecule has 0 spiro atoms. The molecule has 0 radical (unpaired) electrons. The van der Waals surface area contributed by atoms with Gasteiger partial charge in [-0.1, -0.05) is 26.0 Å². The minimum atomic E-state index is -0.377. The Kier molecular flexibility index (Phi) is 6.68. The second kappa shape index (κ2) is 9.41. The summed E-state index contributed by atoms with van der Waals surface area (Å²) in [7, 11) is 3.02. The lowest BCUT2D eigenvalue weighted by Crippen LogP contribution is -2.14. The topological polar surface area (TPSA) is 89.6 Å². The van der Waals surface area contributed by atoms with Crippen LogP contribution in [0.5, 0.6) is 11.5 Å². The van der Waals surface area contributed by atoms with Gasteiger partial charge in [-0.15, -0.1) is 11.3 Å². The summed E-state index contributed by atoms with van der Waals surface area (Å²) in [6.07, 6.45) is 0. The number of methoxy groups -OCH3 is 2. The minimum Gasteiger partial charge on any atom is -0.497 e. The molecule has 2 aromatic carbocycles. The molecule has 156 valence electrons. The Morgan fingerprint density at radius 1 is 0.933 bits per heavy atom. The first-order valence-electron chi connectivity index (χ1n) is 9.31. The SMILES string of the molecule is COc1cc(OC)cc(C(=O)Nc2nc(C(=O)Nc3ccc(C(C)C)cc3)cs2)c1. The first-order valence-corrected chi connectivity index (χ1v) is 10.2. The number of rotatable bonds is 7. The monoisotopic (exact) mass is 425 g/mol. The lowest BCUT2D eigenvalue weighted by atomic mass is 10.0. The van der Waals surface area contributed by atoms with E-state index in [1.54, 1.807) is 23.6 Å². The van der Waals surface area contributed by atoms with Gasteiger partial charge in [0, 0.05) is 22.7 Å². The predicted molar refractivity (Wildman–Crippen MR) is 118 cm³/mol. The molecule has 1 aromatic heterocycles. The maximum Gasteiger partial charge on any atom is 0.275 e. The van der Waals surface area contributed by atoms with Gasteiger partial charge >= 0.3 is 0 Å². The Balaban J connectivity index is 1.67. The molecule has 1 heterocycles. The van der Waals surface area contributed by atoms with Crippen LogP contribution in [0.1, 0.15) is 46.2 Å². The lowest BCUT2D eigenvalue weighted by molar-refractivity contribution is 0.101. The first kappa shape index (κ1) is 21.3. The Morgan fingerprint density at radius 3 is 2.13 bits per heavy atom. The molecule has 0 saturated carbocycles. The van der Waals surface area contributed by atoms with Gasteiger partial charge in [0.2, 0.25) is 0 Å². The number of anilines is 2. The van der Waals surface area contributed by atoms with Crippen LogP contribution in [0, 0.1) is 0 Å². The summed E-state index contributed by atoms with van der Waals surface area (Å²) in [4.78, 5) is 29.2. The molecule has 2 amide bonds. The van der Waals surface area contributed by atoms with Crippen molar-refractivity contribution >= 4 is 34.0 Å². The fourth-order valence-electron chi connectivity index (χ4n) is 2.69. The van der Waals surface area contributed by atoms with Crippen molar-refractivity contribution in [3.05, 3.63) is 64.7 Å². The second-order valence-corrected chi connectivity index (χ2v) is 7.68. The zero-order valence-corrected chi connectivity index (χ0v) is 18.0. The van der Waals surface area contributed by atoms with Gasteiger partial charge in [-0.2, -0.15) is 0 Å². The maximum absolute atomic E-state index is 12.6. The molecule has 8 heteroatoms. The van der Waals surface area contributed by atoms with Gasteiger partial charge in [-0.05, 0) is 35.7 Å². The molecule has 0 bridgehead atoms. The standard InChI is InChI=1S/C22H23N3O4S/c1-13(2)14-5-7-16(8-6-14)23-21(27)19-12-30-22(24-19)25-20(26)15-9-17(28-3)11-18(10-15)29-4/h5-13H,1-4H3,(H,23,27)(H,24,25,26). The number of carbonyl (C=O) groups excluding carboxylic acids is 2. The first-order chi connectivity index (χ1) is 14.4. The van der Waals surface area contributed by atoms with Crippen LogP contribution in [-0.2, 0) is 0 Å². The third-order valence-corrected chi connectivity index (χ3v) is 5.16. The zero-order valence-electron chi connectivity index (χ0n) is 17.2. The fourth-order valence-corrected chi connectivity index (χ4v) is 3.38. The van der Waals surface area contributed by atoms with Gasteiger partial charge in [0.15, 0.2) is 5.13 Å². The van der Waals surface area contributed by atoms with E-state index in [0.29, 0.717) is 33.8 Å². The Bertz CT molecular complexity index is 1020. The number of thiazole rings is 1. The van der Waals surface area contributed by atoms with Crippen molar-refractivity contribution in [1.82, 2.24) is 4.98 Å². The van der Waals surface area contributed by atoms with E-state index in [0.717, 1.165) is 0 Å². The van der Waals surface area contributed by atoms with Gasteiger partial charge in [-0.25, -0.2) is 4.98 Å². The summed E-state index contributed by atoms with van der Waals surface area (Å²) >= 11 is 1.17. The highest BCUT2D eigenvalue weighted by Gasteiger charge is 2.15. The minimum absolute atomic E-state index is 0.228. The van der Waals surface area contributed by atoms with E-state index in [4.69, 9.17) is 9.47 Å². The van der Waals surface area contributed by atoms with Crippen LogP contribution >= 0.6 is 11.3 Å². The molecular weight excluding hydrogens is 402 g/mol. The highest BCUT2D eigenvalue weighted by Crippen LogP contribution is 2.24. The van der Waals surface area contributed by atoms with E-state index >= 15 is 0 Å². The molecule has 3 rings (SSSR count). The molecule has 0 aliphatic rings. The Hall–Kier alpha value is -3.39. The number of amides is 2. The number of hydrogen-bond acceptors (Lipinski definition) is 6. The summed E-state index contributed by atoms with van der Waals surface area (Å²) in [6.45, 7) is 4.22. The number of nitrogens with zero attached hydrogens (tertiary/aromatic N) is 1. The van der Waals surface area contributed by atoms with Crippen molar-refractivity contribution in [2.24, 2.45) is 0 Å². The summed E-state index contributed by atoms with van der Waals surface area (Å²) < 4.78 is 10.4. The van der Waals surface area contributed by atoms with Crippen LogP contribution in [0.2, 0.25) is 0 Å². The smallest absolute Gasteiger partial charge is 0.275 e. The molecule has 0 aliphatic carbocycles. The van der Waals surface area contributed by atoms with E-state index < -0.39 is 0 Å². The van der Waals surface area contributed by atoms with Crippen molar-refractivity contribution in [2.45, 2.75) is 19.8 Å². The van der Waals surface area contributed by atoms with E-state index in [1.807, 2.05) is 24.3 Å². The highest BCUT2D eigenvalue weighted by molar-refractivity contribution is 7.14. The molecule has 0 fully saturated rings. The molecular formula is C22H23N3O4S. The molecule has 0 unspecified atom stereocenters. The van der Waals surface area contributed by atoms with Crippen molar-refractivity contribution in [1.29, 1.82) is 0 Å². The van der Waals surface area contributed by atoms with E-state index in [-0.39, 0.29) is 17.5 Å². The van der Waals surface area contributed by atoms with Gasteiger partial charge < -0.3 is 14.8 Å². The largest absolute Gasteiger partial charge is 0.497 e. The number of hydrogen-bond donors (Lipinski definition) is 2. The van der Waals surface area contributed by atoms with Crippen molar-refractivity contribution in [2.75, 3.05) is 24.9 Å².